The van der Waals surface area contributed by atoms with Crippen LogP contribution in [0.3, 0.4) is 0 Å². The lowest BCUT2D eigenvalue weighted by Crippen LogP contribution is -2.35. The van der Waals surface area contributed by atoms with Crippen LogP contribution in [-0.4, -0.2) is 22.1 Å². The topological polar surface area (TPSA) is 29.9 Å². The van der Waals surface area contributed by atoms with Gasteiger partial charge in [0.05, 0.1) is 0 Å². The fraction of sp³-hybridized carbons (Fsp3) is 0.800. The summed E-state index contributed by atoms with van der Waals surface area (Å²) < 4.78 is 2.31. The Kier molecular flexibility index (Phi) is 5.24. The maximum atomic E-state index is 4.53. The van der Waals surface area contributed by atoms with Gasteiger partial charge in [0.1, 0.15) is 5.82 Å². The fourth-order valence-electron chi connectivity index (χ4n) is 2.85. The van der Waals surface area contributed by atoms with Gasteiger partial charge in [-0.1, -0.05) is 33.1 Å². The Bertz CT molecular complexity index is 341. The first-order valence-corrected chi connectivity index (χ1v) is 7.56. The van der Waals surface area contributed by atoms with Crippen LogP contribution in [-0.2, 0) is 13.0 Å². The van der Waals surface area contributed by atoms with Crippen molar-refractivity contribution in [3.05, 3.63) is 18.2 Å². The number of rotatable bonds is 8. The Labute approximate surface area is 111 Å². The van der Waals surface area contributed by atoms with Crippen LogP contribution >= 0.6 is 0 Å². The molecule has 0 saturated heterocycles. The second kappa shape index (κ2) is 6.93. The molecule has 0 aromatic carbocycles. The third kappa shape index (κ3) is 3.58. The molecule has 1 unspecified atom stereocenters. The highest BCUT2D eigenvalue weighted by Crippen LogP contribution is 2.31. The maximum Gasteiger partial charge on any atom is 0.110 e. The number of nitrogens with one attached hydrogen (secondary N) is 1. The van der Waals surface area contributed by atoms with Gasteiger partial charge in [0.25, 0.3) is 0 Å². The number of hydrogen-bond acceptors (Lipinski definition) is 2. The third-order valence-electron chi connectivity index (χ3n) is 4.03. The van der Waals surface area contributed by atoms with Gasteiger partial charge in [0.15, 0.2) is 0 Å². The SMILES string of the molecule is CCCn1ccnc1CC(CC1CCC1)NCC. The van der Waals surface area contributed by atoms with Gasteiger partial charge in [0, 0.05) is 31.4 Å². The Morgan fingerprint density at radius 3 is 2.89 bits per heavy atom. The van der Waals surface area contributed by atoms with E-state index in [1.54, 1.807) is 0 Å². The summed E-state index contributed by atoms with van der Waals surface area (Å²) in [4.78, 5) is 4.53. The van der Waals surface area contributed by atoms with Crippen molar-refractivity contribution < 1.29 is 0 Å². The summed E-state index contributed by atoms with van der Waals surface area (Å²) >= 11 is 0. The second-order valence-corrected chi connectivity index (χ2v) is 5.53. The van der Waals surface area contributed by atoms with E-state index < -0.39 is 0 Å². The molecule has 1 aromatic rings. The summed E-state index contributed by atoms with van der Waals surface area (Å²) in [5.41, 5.74) is 0. The minimum Gasteiger partial charge on any atom is -0.335 e. The average molecular weight is 249 g/mol. The van der Waals surface area contributed by atoms with E-state index in [0.29, 0.717) is 6.04 Å². The lowest BCUT2D eigenvalue weighted by Gasteiger charge is -2.30. The van der Waals surface area contributed by atoms with Crippen LogP contribution in [0.1, 0.15) is 51.8 Å². The Morgan fingerprint density at radius 1 is 1.44 bits per heavy atom. The van der Waals surface area contributed by atoms with E-state index >= 15 is 0 Å². The van der Waals surface area contributed by atoms with Crippen molar-refractivity contribution in [2.24, 2.45) is 5.92 Å². The van der Waals surface area contributed by atoms with E-state index in [9.17, 15) is 0 Å². The highest BCUT2D eigenvalue weighted by atomic mass is 15.1. The van der Waals surface area contributed by atoms with Crippen molar-refractivity contribution in [2.75, 3.05) is 6.54 Å². The first-order chi connectivity index (χ1) is 8.83. The van der Waals surface area contributed by atoms with E-state index in [4.69, 9.17) is 0 Å². The molecule has 2 rings (SSSR count). The summed E-state index contributed by atoms with van der Waals surface area (Å²) in [6, 6.07) is 0.610. The van der Waals surface area contributed by atoms with E-state index in [1.165, 1.54) is 37.9 Å². The molecule has 3 heteroatoms. The first-order valence-electron chi connectivity index (χ1n) is 7.56. The largest absolute Gasteiger partial charge is 0.335 e. The number of aromatic nitrogens is 2. The second-order valence-electron chi connectivity index (χ2n) is 5.53. The molecule has 0 radical (unpaired) electrons. The molecule has 1 aliphatic carbocycles. The predicted octanol–water partition coefficient (Wildman–Crippen LogP) is 3.00. The van der Waals surface area contributed by atoms with Crippen molar-refractivity contribution >= 4 is 0 Å². The molecule has 1 saturated carbocycles. The summed E-state index contributed by atoms with van der Waals surface area (Å²) in [6.07, 6.45) is 12.0. The molecule has 3 nitrogen and oxygen atoms in total. The van der Waals surface area contributed by atoms with Gasteiger partial charge in [-0.3, -0.25) is 0 Å². The zero-order valence-electron chi connectivity index (χ0n) is 11.9. The van der Waals surface area contributed by atoms with Crippen molar-refractivity contribution in [3.63, 3.8) is 0 Å². The summed E-state index contributed by atoms with van der Waals surface area (Å²) in [5.74, 6) is 2.21. The van der Waals surface area contributed by atoms with Gasteiger partial charge in [0.2, 0.25) is 0 Å². The summed E-state index contributed by atoms with van der Waals surface area (Å²) in [7, 11) is 0. The predicted molar refractivity (Wildman–Crippen MR) is 75.6 cm³/mol. The number of imidazole rings is 1. The molecule has 1 heterocycles. The quantitative estimate of drug-likeness (QED) is 0.767. The zero-order valence-corrected chi connectivity index (χ0v) is 11.9. The monoisotopic (exact) mass is 249 g/mol. The van der Waals surface area contributed by atoms with Gasteiger partial charge >= 0.3 is 0 Å². The minimum absolute atomic E-state index is 0.610. The molecule has 102 valence electrons. The zero-order chi connectivity index (χ0) is 12.8. The van der Waals surface area contributed by atoms with E-state index in [2.05, 4.69) is 34.9 Å². The van der Waals surface area contributed by atoms with Crippen LogP contribution in [0.2, 0.25) is 0 Å². The van der Waals surface area contributed by atoms with E-state index in [-0.39, 0.29) is 0 Å². The van der Waals surface area contributed by atoms with Gasteiger partial charge in [-0.05, 0) is 25.3 Å². The summed E-state index contributed by atoms with van der Waals surface area (Å²) in [5, 5.41) is 3.64. The highest BCUT2D eigenvalue weighted by Gasteiger charge is 2.22. The Balaban J connectivity index is 1.91. The number of aryl methyl sites for hydroxylation is 1. The molecule has 0 bridgehead atoms. The van der Waals surface area contributed by atoms with Crippen LogP contribution in [0.25, 0.3) is 0 Å². The normalized spacial score (nSPS) is 17.7. The average Bonchev–Trinajstić information content (AvgIpc) is 2.72. The van der Waals surface area contributed by atoms with Gasteiger partial charge in [-0.2, -0.15) is 0 Å². The van der Waals surface area contributed by atoms with Crippen molar-refractivity contribution in [2.45, 2.75) is 65.0 Å². The molecule has 18 heavy (non-hydrogen) atoms. The molecule has 0 spiro atoms. The van der Waals surface area contributed by atoms with Crippen LogP contribution in [0, 0.1) is 5.92 Å². The maximum absolute atomic E-state index is 4.53. The minimum atomic E-state index is 0.610. The van der Waals surface area contributed by atoms with E-state index in [1.807, 2.05) is 6.20 Å². The molecule has 1 aliphatic rings. The third-order valence-corrected chi connectivity index (χ3v) is 4.03. The van der Waals surface area contributed by atoms with Gasteiger partial charge in [-0.25, -0.2) is 4.98 Å². The molecule has 1 N–H and O–H groups in total. The van der Waals surface area contributed by atoms with E-state index in [0.717, 1.165) is 25.4 Å². The molecular formula is C15H27N3. The van der Waals surface area contributed by atoms with Crippen LogP contribution in [0.5, 0.6) is 0 Å². The number of hydrogen-bond donors (Lipinski definition) is 1. The Hall–Kier alpha value is -0.830. The lowest BCUT2D eigenvalue weighted by molar-refractivity contribution is 0.258. The van der Waals surface area contributed by atoms with Crippen LogP contribution in [0.15, 0.2) is 12.4 Å². The summed E-state index contributed by atoms with van der Waals surface area (Å²) in [6.45, 7) is 6.58. The van der Waals surface area contributed by atoms with Gasteiger partial charge in [-0.15, -0.1) is 0 Å². The van der Waals surface area contributed by atoms with Crippen LogP contribution in [0.4, 0.5) is 0 Å². The molecule has 1 atom stereocenters. The number of nitrogens with zero attached hydrogens (tertiary/aromatic N) is 2. The van der Waals surface area contributed by atoms with Crippen molar-refractivity contribution in [1.29, 1.82) is 0 Å². The fourth-order valence-corrected chi connectivity index (χ4v) is 2.85. The van der Waals surface area contributed by atoms with Crippen molar-refractivity contribution in [1.82, 2.24) is 14.9 Å². The smallest absolute Gasteiger partial charge is 0.110 e. The van der Waals surface area contributed by atoms with Crippen LogP contribution < -0.4 is 5.32 Å². The van der Waals surface area contributed by atoms with Crippen molar-refractivity contribution in [3.8, 4) is 0 Å². The standard InChI is InChI=1S/C15H27N3/c1-3-9-18-10-8-17-15(18)12-14(16-4-2)11-13-6-5-7-13/h8,10,13-14,16H,3-7,9,11-12H2,1-2H3. The molecule has 1 aromatic heterocycles. The van der Waals surface area contributed by atoms with Gasteiger partial charge < -0.3 is 9.88 Å². The molecule has 1 fully saturated rings. The number of likely N-dealkylation sites (N-methyl/N-ethyl adjacent to an activating group) is 1. The highest BCUT2D eigenvalue weighted by molar-refractivity contribution is 4.96. The molecule has 0 amide bonds. The molecule has 0 aliphatic heterocycles. The first kappa shape index (κ1) is 13.6. The molecular weight excluding hydrogens is 222 g/mol. The Morgan fingerprint density at radius 2 is 2.28 bits per heavy atom. The lowest BCUT2D eigenvalue weighted by atomic mass is 9.80.